The minimum Gasteiger partial charge on any atom is -0.469 e. The molecule has 124 valence electrons. The molecule has 0 radical (unpaired) electrons. The molecule has 3 rings (SSSR count). The van der Waals surface area contributed by atoms with Crippen molar-refractivity contribution in [3.63, 3.8) is 0 Å². The van der Waals surface area contributed by atoms with Gasteiger partial charge in [0, 0.05) is 36.9 Å². The van der Waals surface area contributed by atoms with Gasteiger partial charge in [-0.1, -0.05) is 0 Å². The number of rotatable bonds is 3. The summed E-state index contributed by atoms with van der Waals surface area (Å²) in [6.07, 6.45) is 4.00. The number of carbonyl (C=O) groups excluding carboxylic acids is 2. The normalized spacial score (nSPS) is 24.9. The van der Waals surface area contributed by atoms with Crippen LogP contribution in [0.15, 0.2) is 24.3 Å². The van der Waals surface area contributed by atoms with Gasteiger partial charge in [0.05, 0.1) is 13.0 Å². The second-order valence-corrected chi connectivity index (χ2v) is 6.48. The highest BCUT2D eigenvalue weighted by molar-refractivity contribution is 5.99. The molecule has 1 amide bonds. The van der Waals surface area contributed by atoms with Crippen LogP contribution in [0.4, 0.5) is 11.4 Å². The Morgan fingerprint density at radius 2 is 1.87 bits per heavy atom. The molecule has 2 aliphatic rings. The molecule has 0 N–H and O–H groups in total. The summed E-state index contributed by atoms with van der Waals surface area (Å²) in [5.74, 6) is -0.673. The first-order valence-electron chi connectivity index (χ1n) is 8.35. The van der Waals surface area contributed by atoms with Crippen LogP contribution in [0.3, 0.4) is 0 Å². The smallest absolute Gasteiger partial charge is 0.311 e. The molecule has 0 aliphatic carbocycles. The van der Waals surface area contributed by atoms with Crippen LogP contribution >= 0.6 is 0 Å². The number of amides is 1. The second kappa shape index (κ2) is 6.60. The molecule has 2 atom stereocenters. The first kappa shape index (κ1) is 15.8. The lowest BCUT2D eigenvalue weighted by atomic mass is 10.0. The van der Waals surface area contributed by atoms with Gasteiger partial charge in [-0.3, -0.25) is 9.59 Å². The predicted octanol–water partition coefficient (Wildman–Crippen LogP) is 2.59. The number of carbonyl (C=O) groups is 2. The van der Waals surface area contributed by atoms with Gasteiger partial charge in [0.15, 0.2) is 0 Å². The van der Waals surface area contributed by atoms with Crippen LogP contribution in [0.5, 0.6) is 0 Å². The van der Waals surface area contributed by atoms with Crippen LogP contribution in [0, 0.1) is 5.92 Å². The minimum absolute atomic E-state index is 0.0144. The zero-order chi connectivity index (χ0) is 16.4. The monoisotopic (exact) mass is 316 g/mol. The molecule has 0 saturated carbocycles. The number of hydrogen-bond acceptors (Lipinski definition) is 4. The van der Waals surface area contributed by atoms with Gasteiger partial charge in [0.25, 0.3) is 0 Å². The summed E-state index contributed by atoms with van der Waals surface area (Å²) in [5, 5.41) is 0. The van der Waals surface area contributed by atoms with Crippen molar-refractivity contribution in [3.8, 4) is 0 Å². The zero-order valence-corrected chi connectivity index (χ0v) is 13.8. The molecular formula is C18H24N2O3. The maximum atomic E-state index is 12.2. The minimum atomic E-state index is -0.353. The maximum Gasteiger partial charge on any atom is 0.311 e. The van der Waals surface area contributed by atoms with E-state index in [1.165, 1.54) is 32.1 Å². The fraction of sp³-hybridized carbons (Fsp3) is 0.556. The molecule has 2 fully saturated rings. The van der Waals surface area contributed by atoms with E-state index in [4.69, 9.17) is 4.74 Å². The van der Waals surface area contributed by atoms with Crippen molar-refractivity contribution in [2.24, 2.45) is 5.92 Å². The number of piperidine rings is 1. The lowest BCUT2D eigenvalue weighted by Gasteiger charge is -2.35. The highest BCUT2D eigenvalue weighted by atomic mass is 16.5. The quantitative estimate of drug-likeness (QED) is 0.804. The Morgan fingerprint density at radius 3 is 2.52 bits per heavy atom. The Hall–Kier alpha value is -2.04. The molecule has 2 aliphatic heterocycles. The van der Waals surface area contributed by atoms with Gasteiger partial charge in [0.2, 0.25) is 5.91 Å². The molecule has 2 saturated heterocycles. The molecule has 2 heterocycles. The van der Waals surface area contributed by atoms with Crippen molar-refractivity contribution < 1.29 is 14.3 Å². The van der Waals surface area contributed by atoms with Crippen molar-refractivity contribution >= 4 is 23.3 Å². The van der Waals surface area contributed by atoms with Crippen LogP contribution in [-0.4, -0.2) is 38.1 Å². The molecule has 0 aromatic heterocycles. The van der Waals surface area contributed by atoms with E-state index in [0.717, 1.165) is 12.2 Å². The first-order chi connectivity index (χ1) is 11.1. The van der Waals surface area contributed by atoms with Crippen molar-refractivity contribution in [1.29, 1.82) is 0 Å². The Morgan fingerprint density at radius 1 is 1.17 bits per heavy atom. The van der Waals surface area contributed by atoms with Gasteiger partial charge in [-0.2, -0.15) is 0 Å². The summed E-state index contributed by atoms with van der Waals surface area (Å²) in [7, 11) is 1.37. The molecule has 5 nitrogen and oxygen atoms in total. The number of anilines is 2. The van der Waals surface area contributed by atoms with E-state index in [0.29, 0.717) is 12.6 Å². The topological polar surface area (TPSA) is 49.9 Å². The lowest BCUT2D eigenvalue weighted by molar-refractivity contribution is -0.145. The van der Waals surface area contributed by atoms with Crippen molar-refractivity contribution in [3.05, 3.63) is 24.3 Å². The average molecular weight is 316 g/mol. The highest BCUT2D eigenvalue weighted by Crippen LogP contribution is 2.30. The summed E-state index contributed by atoms with van der Waals surface area (Å²) in [6, 6.07) is 8.68. The first-order valence-corrected chi connectivity index (χ1v) is 8.35. The van der Waals surface area contributed by atoms with E-state index >= 15 is 0 Å². The molecule has 0 unspecified atom stereocenters. The van der Waals surface area contributed by atoms with E-state index in [1.54, 1.807) is 4.90 Å². The third-order valence-corrected chi connectivity index (χ3v) is 4.96. The van der Waals surface area contributed by atoms with E-state index in [1.807, 2.05) is 12.1 Å². The van der Waals surface area contributed by atoms with Crippen molar-refractivity contribution in [2.45, 2.75) is 38.6 Å². The molecule has 23 heavy (non-hydrogen) atoms. The van der Waals surface area contributed by atoms with E-state index in [-0.39, 0.29) is 24.2 Å². The number of esters is 1. The fourth-order valence-electron chi connectivity index (χ4n) is 3.59. The highest BCUT2D eigenvalue weighted by Gasteiger charge is 2.35. The zero-order valence-electron chi connectivity index (χ0n) is 13.8. The summed E-state index contributed by atoms with van der Waals surface area (Å²) in [4.78, 5) is 27.9. The van der Waals surface area contributed by atoms with E-state index in [9.17, 15) is 9.59 Å². The van der Waals surface area contributed by atoms with Crippen molar-refractivity contribution in [1.82, 2.24) is 0 Å². The molecule has 1 aromatic carbocycles. The van der Waals surface area contributed by atoms with Crippen molar-refractivity contribution in [2.75, 3.05) is 30.0 Å². The summed E-state index contributed by atoms with van der Waals surface area (Å²) in [6.45, 7) is 3.76. The van der Waals surface area contributed by atoms with E-state index in [2.05, 4.69) is 24.0 Å². The Bertz CT molecular complexity index is 584. The Balaban J connectivity index is 1.72. The Kier molecular flexibility index (Phi) is 4.55. The van der Waals surface area contributed by atoms with Gasteiger partial charge in [-0.25, -0.2) is 0 Å². The third kappa shape index (κ3) is 3.19. The van der Waals surface area contributed by atoms with Crippen LogP contribution in [0.25, 0.3) is 0 Å². The third-order valence-electron chi connectivity index (χ3n) is 4.96. The Labute approximate surface area is 137 Å². The van der Waals surface area contributed by atoms with Gasteiger partial charge in [-0.05, 0) is 50.5 Å². The van der Waals surface area contributed by atoms with Crippen LogP contribution in [0.2, 0.25) is 0 Å². The van der Waals surface area contributed by atoms with Crippen LogP contribution < -0.4 is 9.80 Å². The fourth-order valence-corrected chi connectivity index (χ4v) is 3.59. The molecule has 0 spiro atoms. The van der Waals surface area contributed by atoms with Gasteiger partial charge in [-0.15, -0.1) is 0 Å². The largest absolute Gasteiger partial charge is 0.469 e. The number of hydrogen-bond donors (Lipinski definition) is 0. The number of nitrogens with zero attached hydrogens (tertiary/aromatic N) is 2. The maximum absolute atomic E-state index is 12.2. The number of ether oxygens (including phenoxy) is 1. The summed E-state index contributed by atoms with van der Waals surface area (Å²) >= 11 is 0. The van der Waals surface area contributed by atoms with E-state index < -0.39 is 0 Å². The predicted molar refractivity (Wildman–Crippen MR) is 89.6 cm³/mol. The number of benzene rings is 1. The molecule has 5 heteroatoms. The average Bonchev–Trinajstić information content (AvgIpc) is 2.97. The molecule has 1 aromatic rings. The summed E-state index contributed by atoms with van der Waals surface area (Å²) < 4.78 is 4.75. The van der Waals surface area contributed by atoms with Gasteiger partial charge in [0.1, 0.15) is 0 Å². The van der Waals surface area contributed by atoms with Gasteiger partial charge < -0.3 is 14.5 Å². The second-order valence-electron chi connectivity index (χ2n) is 6.48. The molecular weight excluding hydrogens is 292 g/mol. The van der Waals surface area contributed by atoms with Crippen LogP contribution in [0.1, 0.15) is 32.6 Å². The van der Waals surface area contributed by atoms with Gasteiger partial charge >= 0.3 is 5.97 Å². The lowest BCUT2D eigenvalue weighted by Crippen LogP contribution is -2.37. The van der Waals surface area contributed by atoms with Crippen LogP contribution in [-0.2, 0) is 14.3 Å². The number of methoxy groups -OCH3 is 1. The summed E-state index contributed by atoms with van der Waals surface area (Å²) in [5.41, 5.74) is 2.06. The standard InChI is InChI=1S/C18H24N2O3/c1-13-5-3-4-10-19(13)15-6-8-16(9-7-15)20-12-14(11-17(20)21)18(22)23-2/h6-9,13-14H,3-5,10-12H2,1-2H3/t13-,14-/m1/s1. The molecule has 0 bridgehead atoms. The SMILES string of the molecule is COC(=O)[C@@H]1CC(=O)N(c2ccc(N3CCCC[C@H]3C)cc2)C1.